The number of benzene rings is 3. The summed E-state index contributed by atoms with van der Waals surface area (Å²) in [5, 5.41) is 28.7. The molecule has 6 rings (SSSR count). The highest BCUT2D eigenvalue weighted by molar-refractivity contribution is 6.10. The lowest BCUT2D eigenvalue weighted by atomic mass is 9.82. The van der Waals surface area contributed by atoms with Gasteiger partial charge in [0, 0.05) is 43.8 Å². The molecule has 0 aromatic heterocycles. The monoisotopic (exact) mass is 714 g/mol. The van der Waals surface area contributed by atoms with Crippen LogP contribution in [0.4, 0.5) is 11.4 Å². The number of hydrogen-bond acceptors (Lipinski definition) is 6. The Labute approximate surface area is 312 Å². The standard InChI is InChI=1S/C44H50N4O5/c1-30(2)12-10-13-31(3)24-25-46-40-22-20-36(48-42(51)23-21-39(45-48)33-15-6-5-7-16-33)27-38(40)44(53,43(46)52)32(4)14-11-19-41(50)47-28-35-18-9-8-17-34(35)26-37(47)29-49/h5-9,11-12,14-18,20,22,24,27,32,37,49,53H,10,13,19,21,23,25-26,28-29H2,1-4H3/b14-11+,31-24+/t32-,37+,44+/m1/s1. The van der Waals surface area contributed by atoms with Crippen LogP contribution >= 0.6 is 0 Å². The van der Waals surface area contributed by atoms with Crippen molar-refractivity contribution in [3.8, 4) is 0 Å². The van der Waals surface area contributed by atoms with E-state index in [1.54, 1.807) is 47.1 Å². The molecule has 2 N–H and O–H groups in total. The molecule has 0 saturated carbocycles. The summed E-state index contributed by atoms with van der Waals surface area (Å²) in [7, 11) is 0. The minimum atomic E-state index is -1.96. The number of aliphatic hydroxyl groups excluding tert-OH is 1. The molecule has 0 fully saturated rings. The van der Waals surface area contributed by atoms with E-state index >= 15 is 0 Å². The van der Waals surface area contributed by atoms with Gasteiger partial charge in [-0.05, 0) is 74.9 Å². The Morgan fingerprint density at radius 1 is 0.981 bits per heavy atom. The maximum absolute atomic E-state index is 14.4. The summed E-state index contributed by atoms with van der Waals surface area (Å²) in [5.74, 6) is -1.49. The number of allylic oxidation sites excluding steroid dienone is 3. The summed E-state index contributed by atoms with van der Waals surface area (Å²) in [6.07, 6.45) is 10.8. The van der Waals surface area contributed by atoms with Gasteiger partial charge in [-0.25, -0.2) is 5.01 Å². The van der Waals surface area contributed by atoms with Crippen LogP contribution in [0.3, 0.4) is 0 Å². The Hall–Kier alpha value is -5.12. The number of anilines is 2. The van der Waals surface area contributed by atoms with Gasteiger partial charge in [0.15, 0.2) is 5.60 Å². The van der Waals surface area contributed by atoms with Crippen molar-refractivity contribution >= 4 is 34.8 Å². The first-order chi connectivity index (χ1) is 25.5. The molecule has 0 aliphatic carbocycles. The van der Waals surface area contributed by atoms with Crippen molar-refractivity contribution in [3.05, 3.63) is 131 Å². The zero-order valence-electron chi connectivity index (χ0n) is 31.2. The van der Waals surface area contributed by atoms with E-state index in [1.807, 2.05) is 67.6 Å². The molecule has 3 atom stereocenters. The molecule has 3 amide bonds. The molecule has 3 heterocycles. The minimum absolute atomic E-state index is 0.0523. The normalized spacial score (nSPS) is 20.7. The molecule has 0 spiro atoms. The van der Waals surface area contributed by atoms with Crippen molar-refractivity contribution in [1.29, 1.82) is 0 Å². The molecular weight excluding hydrogens is 665 g/mol. The van der Waals surface area contributed by atoms with Gasteiger partial charge in [-0.1, -0.05) is 97.0 Å². The van der Waals surface area contributed by atoms with Crippen LogP contribution in [-0.2, 0) is 33.0 Å². The molecule has 3 aromatic carbocycles. The van der Waals surface area contributed by atoms with E-state index in [-0.39, 0.29) is 43.8 Å². The van der Waals surface area contributed by atoms with Crippen molar-refractivity contribution in [2.24, 2.45) is 11.0 Å². The Morgan fingerprint density at radius 2 is 1.72 bits per heavy atom. The van der Waals surface area contributed by atoms with E-state index in [2.05, 4.69) is 19.9 Å². The van der Waals surface area contributed by atoms with E-state index < -0.39 is 17.4 Å². The third kappa shape index (κ3) is 7.97. The molecule has 0 radical (unpaired) electrons. The Bertz CT molecular complexity index is 1980. The van der Waals surface area contributed by atoms with Crippen LogP contribution in [0.2, 0.25) is 0 Å². The van der Waals surface area contributed by atoms with Gasteiger partial charge in [0.2, 0.25) is 11.8 Å². The van der Waals surface area contributed by atoms with Crippen molar-refractivity contribution < 1.29 is 24.6 Å². The largest absolute Gasteiger partial charge is 0.394 e. The van der Waals surface area contributed by atoms with E-state index in [0.29, 0.717) is 36.3 Å². The fourth-order valence-electron chi connectivity index (χ4n) is 7.45. The smallest absolute Gasteiger partial charge is 0.264 e. The van der Waals surface area contributed by atoms with Crippen LogP contribution in [0, 0.1) is 5.92 Å². The lowest BCUT2D eigenvalue weighted by Crippen LogP contribution is -2.46. The summed E-state index contributed by atoms with van der Waals surface area (Å²) >= 11 is 0. The minimum Gasteiger partial charge on any atom is -0.394 e. The SMILES string of the molecule is CC(C)=CCC/C(C)=C/CN1C(=O)[C@](O)([C@H](C)/C=C/CC(=O)N2Cc3ccccc3C[C@H]2CO)c2cc(N3N=C(c4ccccc4)CCC3=O)ccc21. The van der Waals surface area contributed by atoms with Gasteiger partial charge in [-0.2, -0.15) is 5.10 Å². The quantitative estimate of drug-likeness (QED) is 0.197. The van der Waals surface area contributed by atoms with Crippen molar-refractivity contribution in [1.82, 2.24) is 4.90 Å². The first kappa shape index (κ1) is 37.6. The van der Waals surface area contributed by atoms with Crippen molar-refractivity contribution in [3.63, 3.8) is 0 Å². The van der Waals surface area contributed by atoms with Crippen molar-refractivity contribution in [2.45, 2.75) is 84.4 Å². The van der Waals surface area contributed by atoms with Gasteiger partial charge < -0.3 is 20.0 Å². The molecule has 3 aliphatic rings. The first-order valence-electron chi connectivity index (χ1n) is 18.6. The number of carbonyl (C=O) groups is 3. The second kappa shape index (κ2) is 16.3. The highest BCUT2D eigenvalue weighted by Gasteiger charge is 2.52. The topological polar surface area (TPSA) is 114 Å². The number of nitrogens with zero attached hydrogens (tertiary/aromatic N) is 4. The van der Waals surface area contributed by atoms with Crippen LogP contribution in [0.1, 0.15) is 82.1 Å². The van der Waals surface area contributed by atoms with Crippen molar-refractivity contribution in [2.75, 3.05) is 23.1 Å². The summed E-state index contributed by atoms with van der Waals surface area (Å²) in [6, 6.07) is 22.6. The summed E-state index contributed by atoms with van der Waals surface area (Å²) in [5.41, 5.74) is 5.78. The predicted molar refractivity (Wildman–Crippen MR) is 209 cm³/mol. The van der Waals surface area contributed by atoms with E-state index in [0.717, 1.165) is 40.8 Å². The van der Waals surface area contributed by atoms with Crippen LogP contribution < -0.4 is 9.91 Å². The fourth-order valence-corrected chi connectivity index (χ4v) is 7.45. The second-order valence-corrected chi connectivity index (χ2v) is 14.6. The predicted octanol–water partition coefficient (Wildman–Crippen LogP) is 6.97. The first-order valence-corrected chi connectivity index (χ1v) is 18.6. The lowest BCUT2D eigenvalue weighted by molar-refractivity contribution is -0.139. The maximum Gasteiger partial charge on any atom is 0.264 e. The van der Waals surface area contributed by atoms with E-state index in [4.69, 9.17) is 5.10 Å². The zero-order chi connectivity index (χ0) is 37.7. The fraction of sp³-hybridized carbons (Fsp3) is 0.364. The lowest BCUT2D eigenvalue weighted by Gasteiger charge is -2.36. The second-order valence-electron chi connectivity index (χ2n) is 14.6. The third-order valence-corrected chi connectivity index (χ3v) is 10.6. The summed E-state index contributed by atoms with van der Waals surface area (Å²) < 4.78 is 0. The molecule has 3 aliphatic heterocycles. The highest BCUT2D eigenvalue weighted by Crippen LogP contribution is 2.47. The molecule has 9 nitrogen and oxygen atoms in total. The van der Waals surface area contributed by atoms with Crippen LogP contribution in [0.15, 0.2) is 113 Å². The third-order valence-electron chi connectivity index (χ3n) is 10.6. The van der Waals surface area contributed by atoms with Crippen LogP contribution in [0.25, 0.3) is 0 Å². The summed E-state index contributed by atoms with van der Waals surface area (Å²) in [4.78, 5) is 44.4. The van der Waals surface area contributed by atoms with Gasteiger partial charge >= 0.3 is 0 Å². The molecular formula is C44H50N4O5. The molecule has 53 heavy (non-hydrogen) atoms. The molecule has 276 valence electrons. The average Bonchev–Trinajstić information content (AvgIpc) is 3.38. The Balaban J connectivity index is 1.28. The molecule has 9 heteroatoms. The number of fused-ring (bicyclic) bond motifs is 2. The number of hydrazone groups is 1. The number of amides is 3. The number of rotatable bonds is 12. The molecule has 0 saturated heterocycles. The van der Waals surface area contributed by atoms with Gasteiger partial charge in [0.25, 0.3) is 5.91 Å². The van der Waals surface area contributed by atoms with E-state index in [1.165, 1.54) is 10.6 Å². The van der Waals surface area contributed by atoms with Gasteiger partial charge in [0.1, 0.15) is 0 Å². The maximum atomic E-state index is 14.4. The molecule has 3 aromatic rings. The number of hydrogen-bond donors (Lipinski definition) is 2. The highest BCUT2D eigenvalue weighted by atomic mass is 16.3. The summed E-state index contributed by atoms with van der Waals surface area (Å²) in [6.45, 7) is 8.52. The molecule has 0 unspecified atom stereocenters. The average molecular weight is 715 g/mol. The number of carbonyl (C=O) groups excluding carboxylic acids is 3. The molecule has 0 bridgehead atoms. The zero-order valence-corrected chi connectivity index (χ0v) is 31.2. The van der Waals surface area contributed by atoms with Gasteiger partial charge in [-0.15, -0.1) is 0 Å². The van der Waals surface area contributed by atoms with Crippen LogP contribution in [0.5, 0.6) is 0 Å². The Kier molecular flexibility index (Phi) is 11.6. The van der Waals surface area contributed by atoms with E-state index in [9.17, 15) is 24.6 Å². The Morgan fingerprint density at radius 3 is 2.45 bits per heavy atom. The number of aliphatic hydroxyl groups is 2. The van der Waals surface area contributed by atoms with Crippen LogP contribution in [-0.4, -0.2) is 57.7 Å². The van der Waals surface area contributed by atoms with Gasteiger partial charge in [0.05, 0.1) is 29.7 Å². The van der Waals surface area contributed by atoms with Gasteiger partial charge in [-0.3, -0.25) is 14.4 Å².